The Labute approximate surface area is 175 Å². The van der Waals surface area contributed by atoms with Crippen molar-refractivity contribution in [1.29, 1.82) is 0 Å². The Morgan fingerprint density at radius 1 is 1.31 bits per heavy atom. The number of hydrogen-bond acceptors (Lipinski definition) is 7. The Morgan fingerprint density at radius 2 is 2.14 bits per heavy atom. The molecule has 158 valence electrons. The third-order valence-corrected chi connectivity index (χ3v) is 6.64. The number of amides is 1. The average Bonchev–Trinajstić information content (AvgIpc) is 3.41. The highest BCUT2D eigenvalue weighted by Gasteiger charge is 2.25. The maximum absolute atomic E-state index is 13.0. The zero-order valence-electron chi connectivity index (χ0n) is 16.5. The third kappa shape index (κ3) is 5.71. The smallest absolute Gasteiger partial charge is 0.309 e. The number of methoxy groups -OCH3 is 1. The summed E-state index contributed by atoms with van der Waals surface area (Å²) >= 11 is 1.39. The molecule has 0 saturated carbocycles. The molecule has 9 heteroatoms. The number of hydrogen-bond donors (Lipinski definition) is 0. The van der Waals surface area contributed by atoms with Gasteiger partial charge in [-0.2, -0.15) is 8.42 Å². The van der Waals surface area contributed by atoms with Crippen molar-refractivity contribution in [2.45, 2.75) is 32.4 Å². The summed E-state index contributed by atoms with van der Waals surface area (Å²) in [5, 5.41) is 1.87. The Kier molecular flexibility index (Phi) is 7.15. The first kappa shape index (κ1) is 21.6. The normalized spacial score (nSPS) is 16.6. The van der Waals surface area contributed by atoms with E-state index in [-0.39, 0.29) is 23.5 Å². The van der Waals surface area contributed by atoms with Gasteiger partial charge in [0.2, 0.25) is 0 Å². The standard InChI is InChI=1S/C20H25NO6S2/c1-3-29(23,24)27-18-12-15(8-9-17(18)25-2)13-21(14-16-6-4-10-26-16)20(22)19-7-5-11-28-19/h5,7-9,11-12,16H,3-4,6,10,13-14H2,1-2H3/t16-/m1/s1. The molecule has 1 fully saturated rings. The van der Waals surface area contributed by atoms with Crippen LogP contribution in [0.25, 0.3) is 0 Å². The maximum Gasteiger partial charge on any atom is 0.309 e. The van der Waals surface area contributed by atoms with E-state index in [0.29, 0.717) is 30.3 Å². The molecule has 0 N–H and O–H groups in total. The summed E-state index contributed by atoms with van der Waals surface area (Å²) in [7, 11) is -2.25. The van der Waals surface area contributed by atoms with Gasteiger partial charge in [-0.05, 0) is 48.9 Å². The molecule has 2 aromatic rings. The van der Waals surface area contributed by atoms with Crippen LogP contribution in [0.15, 0.2) is 35.7 Å². The van der Waals surface area contributed by atoms with Gasteiger partial charge in [0, 0.05) is 19.7 Å². The van der Waals surface area contributed by atoms with E-state index in [9.17, 15) is 13.2 Å². The fraction of sp³-hybridized carbons (Fsp3) is 0.450. The van der Waals surface area contributed by atoms with E-state index in [4.69, 9.17) is 13.7 Å². The SMILES string of the molecule is CCS(=O)(=O)Oc1cc(CN(C[C@H]2CCCO2)C(=O)c2cccs2)ccc1OC. The van der Waals surface area contributed by atoms with Crippen LogP contribution in [0.5, 0.6) is 11.5 Å². The number of rotatable bonds is 9. The molecule has 0 aliphatic carbocycles. The minimum Gasteiger partial charge on any atom is -0.493 e. The number of ether oxygens (including phenoxy) is 2. The molecular weight excluding hydrogens is 414 g/mol. The Morgan fingerprint density at radius 3 is 2.76 bits per heavy atom. The van der Waals surface area contributed by atoms with Crippen molar-refractivity contribution in [2.75, 3.05) is 26.0 Å². The van der Waals surface area contributed by atoms with Crippen LogP contribution in [0.1, 0.15) is 35.0 Å². The molecule has 0 unspecified atom stereocenters. The summed E-state index contributed by atoms with van der Waals surface area (Å²) in [6.45, 7) is 3.01. The van der Waals surface area contributed by atoms with E-state index < -0.39 is 10.1 Å². The molecule has 1 saturated heterocycles. The molecular formula is C20H25NO6S2. The summed E-state index contributed by atoms with van der Waals surface area (Å²) < 4.78 is 39.9. The zero-order chi connectivity index (χ0) is 20.9. The minimum absolute atomic E-state index is 0.00773. The number of carbonyl (C=O) groups excluding carboxylic acids is 1. The van der Waals surface area contributed by atoms with Gasteiger partial charge in [0.05, 0.1) is 23.8 Å². The van der Waals surface area contributed by atoms with Crippen molar-refractivity contribution in [3.63, 3.8) is 0 Å². The van der Waals surface area contributed by atoms with Gasteiger partial charge in [-0.15, -0.1) is 11.3 Å². The van der Waals surface area contributed by atoms with Crippen molar-refractivity contribution in [3.8, 4) is 11.5 Å². The first-order chi connectivity index (χ1) is 13.9. The predicted molar refractivity (Wildman–Crippen MR) is 111 cm³/mol. The van der Waals surface area contributed by atoms with Crippen LogP contribution in [0.3, 0.4) is 0 Å². The molecule has 1 aromatic carbocycles. The van der Waals surface area contributed by atoms with Crippen molar-refractivity contribution < 1.29 is 26.9 Å². The van der Waals surface area contributed by atoms with Crippen LogP contribution < -0.4 is 8.92 Å². The van der Waals surface area contributed by atoms with Gasteiger partial charge in [0.1, 0.15) is 0 Å². The largest absolute Gasteiger partial charge is 0.493 e. The van der Waals surface area contributed by atoms with Crippen LogP contribution in [-0.4, -0.2) is 51.3 Å². The molecule has 29 heavy (non-hydrogen) atoms. The van der Waals surface area contributed by atoms with Gasteiger partial charge in [0.15, 0.2) is 11.5 Å². The molecule has 1 aromatic heterocycles. The third-order valence-electron chi connectivity index (χ3n) is 4.64. The second-order valence-electron chi connectivity index (χ2n) is 6.71. The lowest BCUT2D eigenvalue weighted by molar-refractivity contribution is 0.0511. The fourth-order valence-electron chi connectivity index (χ4n) is 3.11. The van der Waals surface area contributed by atoms with Crippen LogP contribution in [0.2, 0.25) is 0 Å². The summed E-state index contributed by atoms with van der Waals surface area (Å²) in [4.78, 5) is 15.4. The first-order valence-corrected chi connectivity index (χ1v) is 11.9. The highest BCUT2D eigenvalue weighted by atomic mass is 32.2. The molecule has 1 amide bonds. The van der Waals surface area contributed by atoms with Crippen molar-refractivity contribution >= 4 is 27.4 Å². The molecule has 1 aliphatic rings. The van der Waals surface area contributed by atoms with Gasteiger partial charge in [-0.1, -0.05) is 12.1 Å². The summed E-state index contributed by atoms with van der Waals surface area (Å²) in [5.41, 5.74) is 0.745. The van der Waals surface area contributed by atoms with Crippen molar-refractivity contribution in [2.24, 2.45) is 0 Å². The molecule has 7 nitrogen and oxygen atoms in total. The van der Waals surface area contributed by atoms with E-state index in [1.165, 1.54) is 25.4 Å². The molecule has 0 radical (unpaired) electrons. The highest BCUT2D eigenvalue weighted by molar-refractivity contribution is 7.87. The van der Waals surface area contributed by atoms with E-state index in [2.05, 4.69) is 0 Å². The van der Waals surface area contributed by atoms with Gasteiger partial charge in [0.25, 0.3) is 5.91 Å². The lowest BCUT2D eigenvalue weighted by atomic mass is 10.1. The molecule has 1 atom stereocenters. The minimum atomic E-state index is -3.70. The molecule has 3 rings (SSSR count). The van der Waals surface area contributed by atoms with E-state index in [1.807, 2.05) is 11.4 Å². The topological polar surface area (TPSA) is 82.1 Å². The quantitative estimate of drug-likeness (QED) is 0.558. The van der Waals surface area contributed by atoms with Gasteiger partial charge in [-0.25, -0.2) is 0 Å². The summed E-state index contributed by atoms with van der Waals surface area (Å²) in [6, 6.07) is 8.70. The van der Waals surface area contributed by atoms with Crippen molar-refractivity contribution in [3.05, 3.63) is 46.2 Å². The second kappa shape index (κ2) is 9.60. The van der Waals surface area contributed by atoms with Crippen molar-refractivity contribution in [1.82, 2.24) is 4.90 Å². The first-order valence-electron chi connectivity index (χ1n) is 9.45. The monoisotopic (exact) mass is 439 g/mol. The summed E-state index contributed by atoms with van der Waals surface area (Å²) in [5.74, 6) is 0.214. The molecule has 1 aliphatic heterocycles. The van der Waals surface area contributed by atoms with Gasteiger partial charge < -0.3 is 18.6 Å². The highest BCUT2D eigenvalue weighted by Crippen LogP contribution is 2.30. The Balaban J connectivity index is 1.84. The fourth-order valence-corrected chi connectivity index (χ4v) is 4.32. The van der Waals surface area contributed by atoms with E-state index in [1.54, 1.807) is 29.2 Å². The number of nitrogens with zero attached hydrogens (tertiary/aromatic N) is 1. The lowest BCUT2D eigenvalue weighted by Gasteiger charge is -2.25. The molecule has 2 heterocycles. The number of benzene rings is 1. The van der Waals surface area contributed by atoms with Crippen LogP contribution in [0, 0.1) is 0 Å². The maximum atomic E-state index is 13.0. The van der Waals surface area contributed by atoms with Gasteiger partial charge in [-0.3, -0.25) is 4.79 Å². The Hall–Kier alpha value is -2.10. The average molecular weight is 440 g/mol. The van der Waals surface area contributed by atoms with Crippen LogP contribution >= 0.6 is 11.3 Å². The molecule has 0 spiro atoms. The van der Waals surface area contributed by atoms with Crippen LogP contribution in [0.4, 0.5) is 0 Å². The number of thiophene rings is 1. The van der Waals surface area contributed by atoms with Gasteiger partial charge >= 0.3 is 10.1 Å². The lowest BCUT2D eigenvalue weighted by Crippen LogP contribution is -2.36. The molecule has 0 bridgehead atoms. The summed E-state index contributed by atoms with van der Waals surface area (Å²) in [6.07, 6.45) is 1.91. The Bertz CT molecular complexity index is 920. The van der Waals surface area contributed by atoms with E-state index >= 15 is 0 Å². The van der Waals surface area contributed by atoms with E-state index in [0.717, 1.165) is 18.4 Å². The zero-order valence-corrected chi connectivity index (χ0v) is 18.1. The number of carbonyl (C=O) groups is 1. The van der Waals surface area contributed by atoms with Crippen LogP contribution in [-0.2, 0) is 21.4 Å². The second-order valence-corrected chi connectivity index (χ2v) is 9.52. The predicted octanol–water partition coefficient (Wildman–Crippen LogP) is 3.31.